The molecule has 3 nitrogen and oxygen atoms in total. The highest BCUT2D eigenvalue weighted by atomic mass is 16.5. The number of carbonyl (C=O) groups excluding carboxylic acids is 1. The average Bonchev–Trinajstić information content (AvgIpc) is 2.73. The highest BCUT2D eigenvalue weighted by Gasteiger charge is 2.47. The Morgan fingerprint density at radius 2 is 1.86 bits per heavy atom. The molecular weight excluding hydrogens is 346 g/mol. The fraction of sp³-hybridized carbons (Fsp3) is 0.600. The minimum atomic E-state index is -0.178. The summed E-state index contributed by atoms with van der Waals surface area (Å²) >= 11 is 0. The van der Waals surface area contributed by atoms with Crippen molar-refractivity contribution in [2.75, 3.05) is 0 Å². The van der Waals surface area contributed by atoms with Gasteiger partial charge in [0.25, 0.3) is 0 Å². The van der Waals surface area contributed by atoms with E-state index in [0.29, 0.717) is 23.8 Å². The van der Waals surface area contributed by atoms with E-state index in [9.17, 15) is 4.79 Å². The summed E-state index contributed by atoms with van der Waals surface area (Å²) in [6.45, 7) is 4.35. The van der Waals surface area contributed by atoms with Gasteiger partial charge in [-0.2, -0.15) is 5.26 Å². The molecule has 4 rings (SSSR count). The number of carbonyl (C=O) groups is 1. The molecule has 148 valence electrons. The van der Waals surface area contributed by atoms with Gasteiger partial charge in [0.1, 0.15) is 6.10 Å². The lowest BCUT2D eigenvalue weighted by Crippen LogP contribution is -2.45. The van der Waals surface area contributed by atoms with Crippen LogP contribution in [0.15, 0.2) is 42.5 Å². The van der Waals surface area contributed by atoms with E-state index in [4.69, 9.17) is 10.00 Å². The lowest BCUT2D eigenvalue weighted by molar-refractivity contribution is -0.0384. The van der Waals surface area contributed by atoms with Crippen LogP contribution in [-0.4, -0.2) is 12.1 Å². The molecule has 0 amide bonds. The third kappa shape index (κ3) is 3.88. The number of rotatable bonds is 4. The first-order chi connectivity index (χ1) is 13.7. The molecule has 0 saturated heterocycles. The highest BCUT2D eigenvalue weighted by Crippen LogP contribution is 2.55. The molecule has 3 fully saturated rings. The first-order valence-electron chi connectivity index (χ1n) is 11.0. The molecule has 3 heteroatoms. The number of benzene rings is 1. The summed E-state index contributed by atoms with van der Waals surface area (Å²) < 4.78 is 5.86. The van der Waals surface area contributed by atoms with Gasteiger partial charge in [-0.05, 0) is 93.1 Å². The second kappa shape index (κ2) is 8.52. The Morgan fingerprint density at radius 3 is 2.64 bits per heavy atom. The van der Waals surface area contributed by atoms with Crippen LogP contribution in [0.5, 0.6) is 0 Å². The fourth-order valence-corrected chi connectivity index (χ4v) is 6.38. The molecule has 3 aliphatic rings. The van der Waals surface area contributed by atoms with Gasteiger partial charge < -0.3 is 4.74 Å². The van der Waals surface area contributed by atoms with Crippen molar-refractivity contribution in [2.24, 2.45) is 29.6 Å². The molecule has 0 bridgehead atoms. The smallest absolute Gasteiger partial charge is 0.338 e. The number of nitrogens with zero attached hydrogens (tertiary/aromatic N) is 1. The summed E-state index contributed by atoms with van der Waals surface area (Å²) in [5, 5.41) is 9.03. The Balaban J connectivity index is 1.38. The fourth-order valence-electron chi connectivity index (χ4n) is 6.38. The molecule has 1 aromatic rings. The van der Waals surface area contributed by atoms with Gasteiger partial charge in [0.2, 0.25) is 0 Å². The summed E-state index contributed by atoms with van der Waals surface area (Å²) in [6, 6.07) is 11.7. The van der Waals surface area contributed by atoms with E-state index in [2.05, 4.69) is 12.6 Å². The van der Waals surface area contributed by atoms with E-state index < -0.39 is 0 Å². The Hall–Kier alpha value is -2.08. The number of ether oxygens (including phenoxy) is 1. The molecule has 0 N–H and O–H groups in total. The van der Waals surface area contributed by atoms with E-state index in [-0.39, 0.29) is 12.1 Å². The van der Waals surface area contributed by atoms with E-state index in [0.717, 1.165) is 43.4 Å². The zero-order valence-electron chi connectivity index (χ0n) is 16.7. The molecule has 0 heterocycles. The Kier molecular flexibility index (Phi) is 5.85. The number of allylic oxidation sites excluding steroid dienone is 1. The van der Waals surface area contributed by atoms with Gasteiger partial charge in [-0.25, -0.2) is 4.79 Å². The molecule has 0 aliphatic heterocycles. The molecule has 0 aromatic heterocycles. The lowest BCUT2D eigenvalue weighted by atomic mass is 9.54. The summed E-state index contributed by atoms with van der Waals surface area (Å²) in [5.41, 5.74) is 2.04. The molecule has 3 aliphatic carbocycles. The third-order valence-electron chi connectivity index (χ3n) is 7.65. The number of fused-ring (bicyclic) bond motifs is 3. The van der Waals surface area contributed by atoms with Gasteiger partial charge in [-0.1, -0.05) is 30.4 Å². The highest BCUT2D eigenvalue weighted by molar-refractivity contribution is 5.89. The van der Waals surface area contributed by atoms with Gasteiger partial charge >= 0.3 is 5.97 Å². The third-order valence-corrected chi connectivity index (χ3v) is 7.65. The average molecular weight is 378 g/mol. The van der Waals surface area contributed by atoms with Crippen LogP contribution < -0.4 is 0 Å². The van der Waals surface area contributed by atoms with Crippen LogP contribution in [0, 0.1) is 40.9 Å². The second-order valence-electron chi connectivity index (χ2n) is 9.04. The quantitative estimate of drug-likeness (QED) is 0.483. The van der Waals surface area contributed by atoms with Gasteiger partial charge in [-0.15, -0.1) is 0 Å². The molecule has 1 aromatic carbocycles. The van der Waals surface area contributed by atoms with E-state index in [1.807, 2.05) is 30.3 Å². The van der Waals surface area contributed by atoms with Crippen LogP contribution in [0.2, 0.25) is 0 Å². The molecular formula is C25H31NO2. The van der Waals surface area contributed by atoms with Crippen LogP contribution in [-0.2, 0) is 4.74 Å². The second-order valence-corrected chi connectivity index (χ2v) is 9.04. The van der Waals surface area contributed by atoms with Crippen molar-refractivity contribution in [3.63, 3.8) is 0 Å². The predicted octanol–water partition coefficient (Wildman–Crippen LogP) is 5.92. The maximum absolute atomic E-state index is 12.4. The molecule has 6 atom stereocenters. The van der Waals surface area contributed by atoms with Gasteiger partial charge in [-0.3, -0.25) is 0 Å². The number of hydrogen-bond donors (Lipinski definition) is 0. The maximum Gasteiger partial charge on any atom is 0.338 e. The molecule has 0 unspecified atom stereocenters. The summed E-state index contributed by atoms with van der Waals surface area (Å²) in [5.74, 6) is 3.32. The first-order valence-corrected chi connectivity index (χ1v) is 11.0. The Labute approximate surface area is 168 Å². The van der Waals surface area contributed by atoms with Crippen molar-refractivity contribution < 1.29 is 9.53 Å². The van der Waals surface area contributed by atoms with E-state index in [1.165, 1.54) is 31.3 Å². The zero-order chi connectivity index (χ0) is 19.5. The van der Waals surface area contributed by atoms with Crippen molar-refractivity contribution in [1.29, 1.82) is 5.26 Å². The Morgan fingerprint density at radius 1 is 1.07 bits per heavy atom. The minimum Gasteiger partial charge on any atom is -0.459 e. The summed E-state index contributed by atoms with van der Waals surface area (Å²) in [7, 11) is 0. The predicted molar refractivity (Wildman–Crippen MR) is 109 cm³/mol. The standard InChI is InChI=1S/C25H31NO2/c1-17-9-12-24-22-14-11-20(28-25(27)18-6-3-2-4-7-18)16-19(22)10-13-23(24)21(17)8-5-15-26/h2-4,6-7,19-24H,1,5,8-14,16H2/t19-,20+,21+,22-,23-,24+/m0/s1. The Bertz CT molecular complexity index is 750. The van der Waals surface area contributed by atoms with Crippen molar-refractivity contribution in [3.8, 4) is 6.07 Å². The minimum absolute atomic E-state index is 0.0680. The SMILES string of the molecule is C=C1CC[C@H]2[C@@H](CC[C@H]3C[C@H](OC(=O)c4ccccc4)CC[C@@H]32)[C@@H]1CCC#N. The normalized spacial score (nSPS) is 34.6. The molecule has 0 radical (unpaired) electrons. The monoisotopic (exact) mass is 377 g/mol. The van der Waals surface area contributed by atoms with Crippen LogP contribution >= 0.6 is 0 Å². The van der Waals surface area contributed by atoms with Crippen molar-refractivity contribution >= 4 is 5.97 Å². The van der Waals surface area contributed by atoms with Gasteiger partial charge in [0, 0.05) is 6.42 Å². The number of nitriles is 1. The van der Waals surface area contributed by atoms with Crippen LogP contribution in [0.3, 0.4) is 0 Å². The van der Waals surface area contributed by atoms with Crippen LogP contribution in [0.25, 0.3) is 0 Å². The largest absolute Gasteiger partial charge is 0.459 e. The van der Waals surface area contributed by atoms with Crippen molar-refractivity contribution in [2.45, 2.75) is 63.9 Å². The maximum atomic E-state index is 12.4. The van der Waals surface area contributed by atoms with Crippen LogP contribution in [0.4, 0.5) is 0 Å². The van der Waals surface area contributed by atoms with Crippen LogP contribution in [0.1, 0.15) is 68.1 Å². The number of esters is 1. The summed E-state index contributed by atoms with van der Waals surface area (Å²) in [6.07, 6.45) is 9.79. The first kappa shape index (κ1) is 19.2. The number of hydrogen-bond acceptors (Lipinski definition) is 3. The summed E-state index contributed by atoms with van der Waals surface area (Å²) in [4.78, 5) is 12.4. The molecule has 0 spiro atoms. The lowest BCUT2D eigenvalue weighted by Gasteiger charge is -2.52. The van der Waals surface area contributed by atoms with Crippen molar-refractivity contribution in [1.82, 2.24) is 0 Å². The van der Waals surface area contributed by atoms with Crippen molar-refractivity contribution in [3.05, 3.63) is 48.0 Å². The van der Waals surface area contributed by atoms with E-state index >= 15 is 0 Å². The zero-order valence-corrected chi connectivity index (χ0v) is 16.7. The van der Waals surface area contributed by atoms with Gasteiger partial charge in [0.05, 0.1) is 11.6 Å². The molecule has 3 saturated carbocycles. The molecule has 28 heavy (non-hydrogen) atoms. The van der Waals surface area contributed by atoms with E-state index in [1.54, 1.807) is 0 Å². The van der Waals surface area contributed by atoms with Gasteiger partial charge in [0.15, 0.2) is 0 Å². The topological polar surface area (TPSA) is 50.1 Å².